The molecule has 5 heteroatoms. The maximum Gasteiger partial charge on any atom is 0.335 e. The van der Waals surface area contributed by atoms with E-state index in [1.54, 1.807) is 0 Å². The number of H-pyrrole nitrogens is 1. The highest BCUT2D eigenvalue weighted by atomic mass is 16.4. The Kier molecular flexibility index (Phi) is 4.19. The van der Waals surface area contributed by atoms with Crippen molar-refractivity contribution in [2.45, 2.75) is 19.3 Å². The summed E-state index contributed by atoms with van der Waals surface area (Å²) < 4.78 is 0. The Hall–Kier alpha value is -2.95. The summed E-state index contributed by atoms with van der Waals surface area (Å²) in [6.45, 7) is 0. The van der Waals surface area contributed by atoms with Crippen molar-refractivity contribution in [1.29, 1.82) is 0 Å². The molecule has 0 unspecified atom stereocenters. The number of fused-ring (bicyclic) bond motifs is 1. The van der Waals surface area contributed by atoms with Gasteiger partial charge < -0.3 is 10.1 Å². The van der Waals surface area contributed by atoms with E-state index in [4.69, 9.17) is 5.11 Å². The minimum Gasteiger partial charge on any atom is -0.478 e. The van der Waals surface area contributed by atoms with Gasteiger partial charge in [0.2, 0.25) is 0 Å². The molecular weight excluding hydrogens is 292 g/mol. The zero-order valence-electron chi connectivity index (χ0n) is 12.5. The number of aryl methyl sites for hydroxylation is 2. The van der Waals surface area contributed by atoms with Crippen molar-refractivity contribution in [2.75, 3.05) is 0 Å². The van der Waals surface area contributed by atoms with Crippen molar-refractivity contribution < 1.29 is 9.90 Å². The van der Waals surface area contributed by atoms with Crippen LogP contribution in [0, 0.1) is 0 Å². The summed E-state index contributed by atoms with van der Waals surface area (Å²) in [6.07, 6.45) is 2.40. The number of hydrogen-bond donors (Lipinski definition) is 2. The van der Waals surface area contributed by atoms with Crippen LogP contribution in [-0.4, -0.2) is 21.0 Å². The summed E-state index contributed by atoms with van der Waals surface area (Å²) in [5.41, 5.74) is 1.56. The summed E-state index contributed by atoms with van der Waals surface area (Å²) in [5.74, 6) is -0.444. The normalized spacial score (nSPS) is 10.8. The molecule has 0 atom stereocenters. The lowest BCUT2D eigenvalue weighted by molar-refractivity contribution is 0.0697. The van der Waals surface area contributed by atoms with E-state index in [1.807, 2.05) is 18.2 Å². The fraction of sp³-hybridized carbons (Fsp3) is 0.167. The van der Waals surface area contributed by atoms with Gasteiger partial charge in [-0.2, -0.15) is 0 Å². The smallest absolute Gasteiger partial charge is 0.335 e. The molecule has 0 radical (unpaired) electrons. The van der Waals surface area contributed by atoms with Crippen LogP contribution in [-0.2, 0) is 12.8 Å². The van der Waals surface area contributed by atoms with E-state index in [9.17, 15) is 9.59 Å². The number of carboxylic acid groups (broad SMARTS) is 1. The molecular formula is C18H16N2O3. The zero-order chi connectivity index (χ0) is 16.2. The summed E-state index contributed by atoms with van der Waals surface area (Å²) >= 11 is 0. The molecule has 0 aliphatic heterocycles. The Morgan fingerprint density at radius 1 is 1.09 bits per heavy atom. The van der Waals surface area contributed by atoms with Crippen LogP contribution in [0.2, 0.25) is 0 Å². The summed E-state index contributed by atoms with van der Waals surface area (Å²) in [5, 5.41) is 9.44. The third-order valence-electron chi connectivity index (χ3n) is 3.72. The molecule has 0 aliphatic rings. The summed E-state index contributed by atoms with van der Waals surface area (Å²) in [6, 6.07) is 14.5. The number of carbonyl (C=O) groups is 1. The minimum atomic E-state index is -1.03. The Balaban J connectivity index is 1.81. The van der Waals surface area contributed by atoms with Gasteiger partial charge in [0, 0.05) is 6.42 Å². The van der Waals surface area contributed by atoms with Crippen LogP contribution in [0.5, 0.6) is 0 Å². The molecule has 2 N–H and O–H groups in total. The van der Waals surface area contributed by atoms with E-state index in [-0.39, 0.29) is 11.1 Å². The average molecular weight is 308 g/mol. The third-order valence-corrected chi connectivity index (χ3v) is 3.72. The van der Waals surface area contributed by atoms with Crippen LogP contribution in [0.4, 0.5) is 0 Å². The number of rotatable bonds is 5. The maximum absolute atomic E-state index is 12.1. The van der Waals surface area contributed by atoms with Crippen LogP contribution in [0.3, 0.4) is 0 Å². The van der Waals surface area contributed by atoms with Crippen molar-refractivity contribution in [3.63, 3.8) is 0 Å². The molecule has 0 bridgehead atoms. The van der Waals surface area contributed by atoms with Crippen molar-refractivity contribution in [2.24, 2.45) is 0 Å². The van der Waals surface area contributed by atoms with Gasteiger partial charge in [0.1, 0.15) is 5.82 Å². The minimum absolute atomic E-state index is 0.130. The van der Waals surface area contributed by atoms with Crippen LogP contribution in [0.15, 0.2) is 53.3 Å². The van der Waals surface area contributed by atoms with E-state index < -0.39 is 5.97 Å². The van der Waals surface area contributed by atoms with Gasteiger partial charge in [-0.3, -0.25) is 4.79 Å². The molecule has 1 heterocycles. The summed E-state index contributed by atoms with van der Waals surface area (Å²) in [4.78, 5) is 30.3. The Morgan fingerprint density at radius 2 is 1.87 bits per heavy atom. The second-order valence-electron chi connectivity index (χ2n) is 5.39. The summed E-state index contributed by atoms with van der Waals surface area (Å²) in [7, 11) is 0. The highest BCUT2D eigenvalue weighted by molar-refractivity contribution is 5.92. The number of aromatic nitrogens is 2. The van der Waals surface area contributed by atoms with Gasteiger partial charge in [-0.05, 0) is 36.6 Å². The standard InChI is InChI=1S/C18H16N2O3/c21-17-14-10-9-13(18(22)23)11-15(14)19-16(20-17)8-4-7-12-5-2-1-3-6-12/h1-3,5-6,9-11H,4,7-8H2,(H,22,23)(H,19,20,21). The van der Waals surface area contributed by atoms with Crippen LogP contribution < -0.4 is 5.56 Å². The number of carboxylic acids is 1. The van der Waals surface area contributed by atoms with Gasteiger partial charge in [0.15, 0.2) is 0 Å². The maximum atomic E-state index is 12.1. The number of aromatic carboxylic acids is 1. The molecule has 23 heavy (non-hydrogen) atoms. The number of aromatic amines is 1. The first-order valence-electron chi connectivity index (χ1n) is 7.43. The number of benzene rings is 2. The van der Waals surface area contributed by atoms with E-state index in [2.05, 4.69) is 22.1 Å². The number of nitrogens with zero attached hydrogens (tertiary/aromatic N) is 1. The average Bonchev–Trinajstić information content (AvgIpc) is 2.55. The van der Waals surface area contributed by atoms with Crippen LogP contribution in [0.1, 0.15) is 28.2 Å². The van der Waals surface area contributed by atoms with Crippen LogP contribution in [0.25, 0.3) is 10.9 Å². The largest absolute Gasteiger partial charge is 0.478 e. The fourth-order valence-corrected chi connectivity index (χ4v) is 2.54. The molecule has 0 aliphatic carbocycles. The van der Waals surface area contributed by atoms with Gasteiger partial charge in [0.25, 0.3) is 5.56 Å². The molecule has 0 saturated heterocycles. The number of hydrogen-bond acceptors (Lipinski definition) is 3. The first-order chi connectivity index (χ1) is 11.1. The lowest BCUT2D eigenvalue weighted by Gasteiger charge is -2.04. The van der Waals surface area contributed by atoms with Crippen molar-refractivity contribution in [3.8, 4) is 0 Å². The molecule has 0 saturated carbocycles. The highest BCUT2D eigenvalue weighted by Crippen LogP contribution is 2.12. The lowest BCUT2D eigenvalue weighted by Crippen LogP contribution is -2.12. The molecule has 0 amide bonds. The predicted molar refractivity (Wildman–Crippen MR) is 87.8 cm³/mol. The molecule has 116 valence electrons. The van der Waals surface area contributed by atoms with E-state index in [0.717, 1.165) is 12.8 Å². The number of nitrogens with one attached hydrogen (secondary N) is 1. The van der Waals surface area contributed by atoms with Gasteiger partial charge in [-0.15, -0.1) is 0 Å². The lowest BCUT2D eigenvalue weighted by atomic mass is 10.1. The first kappa shape index (κ1) is 15.0. The Labute approximate surface area is 132 Å². The van der Waals surface area contributed by atoms with E-state index in [0.29, 0.717) is 23.1 Å². The Morgan fingerprint density at radius 3 is 2.61 bits per heavy atom. The van der Waals surface area contributed by atoms with Gasteiger partial charge in [-0.25, -0.2) is 9.78 Å². The molecule has 3 aromatic rings. The van der Waals surface area contributed by atoms with Gasteiger partial charge >= 0.3 is 5.97 Å². The fourth-order valence-electron chi connectivity index (χ4n) is 2.54. The topological polar surface area (TPSA) is 83.0 Å². The quantitative estimate of drug-likeness (QED) is 0.759. The zero-order valence-corrected chi connectivity index (χ0v) is 12.5. The molecule has 0 fully saturated rings. The molecule has 3 rings (SSSR count). The predicted octanol–water partition coefficient (Wildman–Crippen LogP) is 2.80. The third kappa shape index (κ3) is 3.45. The molecule has 2 aromatic carbocycles. The van der Waals surface area contributed by atoms with Crippen molar-refractivity contribution >= 4 is 16.9 Å². The molecule has 0 spiro atoms. The first-order valence-corrected chi connectivity index (χ1v) is 7.43. The van der Waals surface area contributed by atoms with Crippen molar-refractivity contribution in [1.82, 2.24) is 9.97 Å². The Bertz CT molecular complexity index is 901. The molecule has 5 nitrogen and oxygen atoms in total. The monoisotopic (exact) mass is 308 g/mol. The second kappa shape index (κ2) is 6.44. The van der Waals surface area contributed by atoms with Gasteiger partial charge in [-0.1, -0.05) is 30.3 Å². The van der Waals surface area contributed by atoms with Gasteiger partial charge in [0.05, 0.1) is 16.5 Å². The molecule has 1 aromatic heterocycles. The van der Waals surface area contributed by atoms with Crippen LogP contribution >= 0.6 is 0 Å². The SMILES string of the molecule is O=C(O)c1ccc2c(=O)[nH]c(CCCc3ccccc3)nc2c1. The van der Waals surface area contributed by atoms with E-state index in [1.165, 1.54) is 23.8 Å². The second-order valence-corrected chi connectivity index (χ2v) is 5.39. The van der Waals surface area contributed by atoms with E-state index >= 15 is 0 Å². The van der Waals surface area contributed by atoms with Crippen molar-refractivity contribution in [3.05, 3.63) is 75.8 Å². The highest BCUT2D eigenvalue weighted by Gasteiger charge is 2.08.